The summed E-state index contributed by atoms with van der Waals surface area (Å²) < 4.78 is 2.18. The minimum atomic E-state index is 0.576. The lowest BCUT2D eigenvalue weighted by atomic mass is 11.2. The molecule has 8 heavy (non-hydrogen) atoms. The summed E-state index contributed by atoms with van der Waals surface area (Å²) in [6.45, 7) is 0. The summed E-state index contributed by atoms with van der Waals surface area (Å²) >= 11 is 4.77. The Hall–Kier alpha value is -0.840. The molecule has 2 N–H and O–H groups in total. The van der Waals surface area contributed by atoms with Crippen molar-refractivity contribution in [2.24, 2.45) is 0 Å². The van der Waals surface area contributed by atoms with Crippen LogP contribution in [0.4, 0.5) is 0 Å². The largest absolute Gasteiger partial charge is 0.325 e. The van der Waals surface area contributed by atoms with Crippen molar-refractivity contribution in [1.82, 2.24) is 14.9 Å². The minimum Gasteiger partial charge on any atom is -0.325 e. The second kappa shape index (κ2) is 1.95. The van der Waals surface area contributed by atoms with Crippen LogP contribution in [0.25, 0.3) is 0 Å². The molecule has 0 unspecified atom stereocenters. The van der Waals surface area contributed by atoms with E-state index in [0.29, 0.717) is 4.77 Å². The summed E-state index contributed by atoms with van der Waals surface area (Å²) in [6.07, 6.45) is 1.57. The van der Waals surface area contributed by atoms with Gasteiger partial charge in [0.25, 0.3) is 0 Å². The van der Waals surface area contributed by atoms with Crippen LogP contribution in [-0.2, 0) is 0 Å². The fourth-order valence-electron chi connectivity index (χ4n) is 0.407. The molecule has 1 heterocycles. The number of aromatic nitrogens is 3. The number of nitrogens with zero attached hydrogens (tertiary/aromatic N) is 2. The first-order chi connectivity index (χ1) is 3.84. The quantitative estimate of drug-likeness (QED) is 0.530. The Balaban J connectivity index is 3.11. The zero-order valence-corrected chi connectivity index (χ0v) is 5.20. The van der Waals surface area contributed by atoms with Gasteiger partial charge in [-0.15, -0.1) is 0 Å². The van der Waals surface area contributed by atoms with E-state index >= 15 is 0 Å². The molecule has 4 nitrogen and oxygen atoms in total. The van der Waals surface area contributed by atoms with Crippen LogP contribution in [0.15, 0.2) is 6.33 Å². The molecule has 0 bridgehead atoms. The molecule has 0 amide bonds. The van der Waals surface area contributed by atoms with Crippen molar-refractivity contribution >= 4 is 12.2 Å². The molecule has 1 rings (SSSR count). The molecule has 0 aliphatic carbocycles. The van der Waals surface area contributed by atoms with Gasteiger partial charge in [-0.05, 0) is 12.2 Å². The summed E-state index contributed by atoms with van der Waals surface area (Å²) in [7, 11) is 1.77. The smallest absolute Gasteiger partial charge is 0.214 e. The minimum absolute atomic E-state index is 0.576. The van der Waals surface area contributed by atoms with Crippen LogP contribution < -0.4 is 5.43 Å². The van der Waals surface area contributed by atoms with E-state index in [-0.39, 0.29) is 0 Å². The van der Waals surface area contributed by atoms with Crippen LogP contribution in [-0.4, -0.2) is 21.9 Å². The van der Waals surface area contributed by atoms with Gasteiger partial charge in [-0.25, -0.2) is 4.68 Å². The molecule has 0 atom stereocenters. The highest BCUT2D eigenvalue weighted by Crippen LogP contribution is 1.77. The Morgan fingerprint density at radius 2 is 2.75 bits per heavy atom. The highest BCUT2D eigenvalue weighted by atomic mass is 32.1. The standard InChI is InChI=1S/C3H6N4S/c1-4-7-2-5-6-3(7)8/h2,4H,1H3,(H,6,8). The van der Waals surface area contributed by atoms with E-state index in [4.69, 9.17) is 12.2 Å². The maximum atomic E-state index is 4.77. The van der Waals surface area contributed by atoms with E-state index < -0.39 is 0 Å². The van der Waals surface area contributed by atoms with Gasteiger partial charge in [-0.1, -0.05) is 0 Å². The molecule has 44 valence electrons. The Kier molecular flexibility index (Phi) is 1.29. The zero-order chi connectivity index (χ0) is 5.98. The Bertz CT molecular complexity index is 211. The number of H-pyrrole nitrogens is 1. The summed E-state index contributed by atoms with van der Waals surface area (Å²) in [6, 6.07) is 0. The Morgan fingerprint density at radius 1 is 2.00 bits per heavy atom. The second-order valence-corrected chi connectivity index (χ2v) is 1.64. The van der Waals surface area contributed by atoms with Gasteiger partial charge in [-0.3, -0.25) is 5.10 Å². The lowest BCUT2D eigenvalue weighted by Crippen LogP contribution is -2.06. The first kappa shape index (κ1) is 5.30. The fourth-order valence-corrected chi connectivity index (χ4v) is 0.599. The number of rotatable bonds is 1. The van der Waals surface area contributed by atoms with Crippen molar-refractivity contribution in [3.8, 4) is 0 Å². The van der Waals surface area contributed by atoms with Crippen LogP contribution in [0.2, 0.25) is 0 Å². The molecular weight excluding hydrogens is 124 g/mol. The number of nitrogens with one attached hydrogen (secondary N) is 2. The molecule has 0 aliphatic rings. The maximum absolute atomic E-state index is 4.77. The Morgan fingerprint density at radius 3 is 3.00 bits per heavy atom. The number of hydrogen-bond acceptors (Lipinski definition) is 3. The van der Waals surface area contributed by atoms with Gasteiger partial charge in [-0.2, -0.15) is 5.10 Å². The molecule has 5 heteroatoms. The number of aromatic amines is 1. The first-order valence-electron chi connectivity index (χ1n) is 2.14. The van der Waals surface area contributed by atoms with Gasteiger partial charge < -0.3 is 5.43 Å². The van der Waals surface area contributed by atoms with Crippen LogP contribution in [0, 0.1) is 4.77 Å². The molecule has 0 saturated carbocycles. The highest BCUT2D eigenvalue weighted by molar-refractivity contribution is 7.71. The van der Waals surface area contributed by atoms with E-state index in [1.54, 1.807) is 18.1 Å². The molecule has 0 aliphatic heterocycles. The van der Waals surface area contributed by atoms with Gasteiger partial charge in [0, 0.05) is 7.05 Å². The van der Waals surface area contributed by atoms with E-state index in [0.717, 1.165) is 0 Å². The Labute approximate surface area is 51.5 Å². The molecular formula is C3H6N4S. The van der Waals surface area contributed by atoms with Crippen LogP contribution in [0.1, 0.15) is 0 Å². The van der Waals surface area contributed by atoms with Crippen LogP contribution >= 0.6 is 12.2 Å². The second-order valence-electron chi connectivity index (χ2n) is 1.26. The van der Waals surface area contributed by atoms with E-state index in [2.05, 4.69) is 15.6 Å². The van der Waals surface area contributed by atoms with E-state index in [9.17, 15) is 0 Å². The van der Waals surface area contributed by atoms with Crippen molar-refractivity contribution in [3.63, 3.8) is 0 Å². The van der Waals surface area contributed by atoms with Gasteiger partial charge in [0.15, 0.2) is 0 Å². The number of hydrogen-bond donors (Lipinski definition) is 2. The SMILES string of the molecule is CNn1cn[nH]c1=S. The maximum Gasteiger partial charge on any atom is 0.214 e. The molecule has 0 saturated heterocycles. The van der Waals surface area contributed by atoms with Crippen LogP contribution in [0.5, 0.6) is 0 Å². The molecule has 0 fully saturated rings. The first-order valence-corrected chi connectivity index (χ1v) is 2.55. The zero-order valence-electron chi connectivity index (χ0n) is 4.38. The average molecular weight is 130 g/mol. The normalized spacial score (nSPS) is 9.12. The summed E-state index contributed by atoms with van der Waals surface area (Å²) in [5.41, 5.74) is 2.79. The van der Waals surface area contributed by atoms with Gasteiger partial charge in [0.2, 0.25) is 4.77 Å². The van der Waals surface area contributed by atoms with Gasteiger partial charge in [0.1, 0.15) is 6.33 Å². The van der Waals surface area contributed by atoms with Crippen molar-refractivity contribution in [2.75, 3.05) is 12.5 Å². The molecule has 1 aromatic heterocycles. The summed E-state index contributed by atoms with van der Waals surface area (Å²) in [4.78, 5) is 0. The van der Waals surface area contributed by atoms with Crippen molar-refractivity contribution in [2.45, 2.75) is 0 Å². The van der Waals surface area contributed by atoms with Crippen molar-refractivity contribution in [3.05, 3.63) is 11.1 Å². The summed E-state index contributed by atoms with van der Waals surface area (Å²) in [5.74, 6) is 0. The third-order valence-corrected chi connectivity index (χ3v) is 1.08. The van der Waals surface area contributed by atoms with Crippen molar-refractivity contribution < 1.29 is 0 Å². The lowest BCUT2D eigenvalue weighted by Gasteiger charge is -1.93. The topological polar surface area (TPSA) is 45.6 Å². The van der Waals surface area contributed by atoms with Crippen LogP contribution in [0.3, 0.4) is 0 Å². The monoisotopic (exact) mass is 130 g/mol. The molecule has 0 spiro atoms. The average Bonchev–Trinajstić information content (AvgIpc) is 2.14. The third-order valence-electron chi connectivity index (χ3n) is 0.793. The third kappa shape index (κ3) is 0.717. The summed E-state index contributed by atoms with van der Waals surface area (Å²) in [5, 5.41) is 6.25. The van der Waals surface area contributed by atoms with Crippen molar-refractivity contribution in [1.29, 1.82) is 0 Å². The predicted molar refractivity (Wildman–Crippen MR) is 32.7 cm³/mol. The molecule has 0 radical (unpaired) electrons. The molecule has 1 aromatic rings. The van der Waals surface area contributed by atoms with E-state index in [1.165, 1.54) is 0 Å². The fraction of sp³-hybridized carbons (Fsp3) is 0.333. The van der Waals surface area contributed by atoms with Gasteiger partial charge in [0.05, 0.1) is 0 Å². The predicted octanol–water partition coefficient (Wildman–Crippen LogP) is 0.114. The molecule has 0 aromatic carbocycles. The lowest BCUT2D eigenvalue weighted by molar-refractivity contribution is 0.904. The van der Waals surface area contributed by atoms with Gasteiger partial charge >= 0.3 is 0 Å². The van der Waals surface area contributed by atoms with E-state index in [1.807, 2.05) is 0 Å². The highest BCUT2D eigenvalue weighted by Gasteiger charge is 1.83.